The molecule has 0 fully saturated rings. The quantitative estimate of drug-likeness (QED) is 0.635. The van der Waals surface area contributed by atoms with Crippen LogP contribution in [0.15, 0.2) is 65.8 Å². The Morgan fingerprint density at radius 2 is 1.87 bits per heavy atom. The Kier molecular flexibility index (Phi) is 5.66. The van der Waals surface area contributed by atoms with Crippen molar-refractivity contribution in [2.45, 2.75) is 26.1 Å². The monoisotopic (exact) mass is 419 g/mol. The lowest BCUT2D eigenvalue weighted by atomic mass is 10.1. The first-order valence-electron chi connectivity index (χ1n) is 10.0. The van der Waals surface area contributed by atoms with Gasteiger partial charge in [-0.25, -0.2) is 0 Å². The van der Waals surface area contributed by atoms with E-state index in [2.05, 4.69) is 28.6 Å². The number of hydrazone groups is 1. The summed E-state index contributed by atoms with van der Waals surface area (Å²) in [7, 11) is 3.15. The second-order valence-corrected chi connectivity index (χ2v) is 7.27. The van der Waals surface area contributed by atoms with Crippen LogP contribution in [0.3, 0.4) is 0 Å². The molecule has 1 aliphatic heterocycles. The summed E-state index contributed by atoms with van der Waals surface area (Å²) in [4.78, 5) is 12.3. The minimum absolute atomic E-state index is 0.227. The zero-order valence-electron chi connectivity index (χ0n) is 18.0. The van der Waals surface area contributed by atoms with Gasteiger partial charge in [0.05, 0.1) is 19.8 Å². The summed E-state index contributed by atoms with van der Waals surface area (Å²) in [5, 5.41) is 11.5. The summed E-state index contributed by atoms with van der Waals surface area (Å²) in [5.74, 6) is 1.41. The highest BCUT2D eigenvalue weighted by molar-refractivity contribution is 5.96. The van der Waals surface area contributed by atoms with Crippen LogP contribution in [0.25, 0.3) is 10.8 Å². The van der Waals surface area contributed by atoms with Gasteiger partial charge in [-0.1, -0.05) is 36.4 Å². The molecule has 0 saturated heterocycles. The molecule has 3 aromatic rings. The van der Waals surface area contributed by atoms with E-state index in [1.807, 2.05) is 37.3 Å². The fraction of sp³-hybridized carbons (Fsp3) is 0.250. The number of nitrogens with zero attached hydrogens (tertiary/aromatic N) is 2. The molecule has 160 valence electrons. The molecule has 0 aliphatic carbocycles. The first-order chi connectivity index (χ1) is 15.0. The van der Waals surface area contributed by atoms with Gasteiger partial charge in [-0.3, -0.25) is 4.79 Å². The van der Waals surface area contributed by atoms with Crippen LogP contribution in [0.4, 0.5) is 5.69 Å². The minimum Gasteiger partial charge on any atom is -0.497 e. The fourth-order valence-electron chi connectivity index (χ4n) is 3.63. The lowest BCUT2D eigenvalue weighted by Gasteiger charge is -2.22. The second kappa shape index (κ2) is 8.55. The van der Waals surface area contributed by atoms with Crippen LogP contribution >= 0.6 is 0 Å². The molecule has 4 rings (SSSR count). The van der Waals surface area contributed by atoms with Crippen LogP contribution in [0.2, 0.25) is 0 Å². The van der Waals surface area contributed by atoms with Gasteiger partial charge in [-0.05, 0) is 30.5 Å². The number of amides is 1. The molecule has 7 heteroatoms. The molecule has 0 aromatic heterocycles. The Morgan fingerprint density at radius 3 is 2.61 bits per heavy atom. The van der Waals surface area contributed by atoms with Crippen LogP contribution in [0, 0.1) is 0 Å². The summed E-state index contributed by atoms with van der Waals surface area (Å²) in [6, 6.07) is 19.3. The second-order valence-electron chi connectivity index (χ2n) is 7.27. The minimum atomic E-state index is -0.717. The SMILES string of the molecule is COc1ccc([C@@H]2OC([C@H](C)Nc3cccc4ccccc34)=NN2C(C)=O)c(OC)c1. The van der Waals surface area contributed by atoms with E-state index in [0.717, 1.165) is 16.5 Å². The number of anilines is 1. The van der Waals surface area contributed by atoms with Gasteiger partial charge in [-0.15, -0.1) is 5.10 Å². The van der Waals surface area contributed by atoms with Gasteiger partial charge in [0.25, 0.3) is 0 Å². The van der Waals surface area contributed by atoms with E-state index in [0.29, 0.717) is 23.0 Å². The highest BCUT2D eigenvalue weighted by atomic mass is 16.5. The van der Waals surface area contributed by atoms with Gasteiger partial charge >= 0.3 is 0 Å². The zero-order valence-corrected chi connectivity index (χ0v) is 18.0. The van der Waals surface area contributed by atoms with Crippen molar-refractivity contribution in [3.8, 4) is 11.5 Å². The number of hydrogen-bond acceptors (Lipinski definition) is 6. The summed E-state index contributed by atoms with van der Waals surface area (Å²) in [5.41, 5.74) is 1.66. The zero-order chi connectivity index (χ0) is 22.0. The van der Waals surface area contributed by atoms with Crippen molar-refractivity contribution >= 4 is 28.3 Å². The molecule has 1 amide bonds. The Labute approximate surface area is 181 Å². The summed E-state index contributed by atoms with van der Waals surface area (Å²) in [6.07, 6.45) is -0.717. The highest BCUT2D eigenvalue weighted by Crippen LogP contribution is 2.37. The van der Waals surface area contributed by atoms with E-state index in [9.17, 15) is 4.79 Å². The average Bonchev–Trinajstić information content (AvgIpc) is 3.24. The number of benzene rings is 3. The van der Waals surface area contributed by atoms with Gasteiger partial charge in [0, 0.05) is 24.1 Å². The van der Waals surface area contributed by atoms with E-state index in [1.165, 1.54) is 11.9 Å². The van der Waals surface area contributed by atoms with Gasteiger partial charge in [0.15, 0.2) is 0 Å². The van der Waals surface area contributed by atoms with Crippen molar-refractivity contribution in [2.24, 2.45) is 5.10 Å². The van der Waals surface area contributed by atoms with E-state index < -0.39 is 6.23 Å². The summed E-state index contributed by atoms with van der Waals surface area (Å²) >= 11 is 0. The van der Waals surface area contributed by atoms with Crippen LogP contribution in [-0.2, 0) is 9.53 Å². The molecule has 0 bridgehead atoms. The Balaban J connectivity index is 1.61. The maximum atomic E-state index is 12.3. The molecular weight excluding hydrogens is 394 g/mol. The van der Waals surface area contributed by atoms with Gasteiger partial charge in [0.1, 0.15) is 17.5 Å². The Morgan fingerprint density at radius 1 is 1.10 bits per heavy atom. The van der Waals surface area contributed by atoms with Crippen molar-refractivity contribution in [1.29, 1.82) is 0 Å². The summed E-state index contributed by atoms with van der Waals surface area (Å²) < 4.78 is 16.9. The molecule has 0 unspecified atom stereocenters. The number of ether oxygens (including phenoxy) is 3. The van der Waals surface area contributed by atoms with Crippen molar-refractivity contribution < 1.29 is 19.0 Å². The molecule has 1 aliphatic rings. The van der Waals surface area contributed by atoms with E-state index in [1.54, 1.807) is 26.4 Å². The smallest absolute Gasteiger partial charge is 0.243 e. The van der Waals surface area contributed by atoms with Crippen LogP contribution in [0.5, 0.6) is 11.5 Å². The van der Waals surface area contributed by atoms with E-state index in [-0.39, 0.29) is 11.9 Å². The number of fused-ring (bicyclic) bond motifs is 1. The molecular formula is C24H25N3O4. The van der Waals surface area contributed by atoms with E-state index >= 15 is 0 Å². The third-order valence-electron chi connectivity index (χ3n) is 5.22. The van der Waals surface area contributed by atoms with Gasteiger partial charge in [0.2, 0.25) is 18.0 Å². The normalized spacial score (nSPS) is 16.5. The number of carbonyl (C=O) groups is 1. The maximum Gasteiger partial charge on any atom is 0.243 e. The lowest BCUT2D eigenvalue weighted by molar-refractivity contribution is -0.135. The van der Waals surface area contributed by atoms with Gasteiger partial charge in [-0.2, -0.15) is 5.01 Å². The molecule has 0 radical (unpaired) electrons. The molecule has 3 aromatic carbocycles. The number of methoxy groups -OCH3 is 2. The average molecular weight is 419 g/mol. The maximum absolute atomic E-state index is 12.3. The molecule has 1 heterocycles. The van der Waals surface area contributed by atoms with Crippen LogP contribution in [0.1, 0.15) is 25.6 Å². The third kappa shape index (κ3) is 3.99. The fourth-order valence-corrected chi connectivity index (χ4v) is 3.63. The predicted octanol–water partition coefficient (Wildman–Crippen LogP) is 4.55. The topological polar surface area (TPSA) is 72.4 Å². The molecule has 0 saturated carbocycles. The third-order valence-corrected chi connectivity index (χ3v) is 5.22. The number of nitrogens with one attached hydrogen (secondary N) is 1. The Bertz CT molecular complexity index is 1140. The first kappa shape index (κ1) is 20.5. The van der Waals surface area contributed by atoms with E-state index in [4.69, 9.17) is 14.2 Å². The van der Waals surface area contributed by atoms with Crippen LogP contribution in [-0.4, -0.2) is 37.1 Å². The summed E-state index contributed by atoms with van der Waals surface area (Å²) in [6.45, 7) is 3.41. The first-order valence-corrected chi connectivity index (χ1v) is 10.0. The molecule has 31 heavy (non-hydrogen) atoms. The van der Waals surface area contributed by atoms with Crippen molar-refractivity contribution in [1.82, 2.24) is 5.01 Å². The van der Waals surface area contributed by atoms with Crippen molar-refractivity contribution in [3.05, 3.63) is 66.2 Å². The highest BCUT2D eigenvalue weighted by Gasteiger charge is 2.36. The van der Waals surface area contributed by atoms with Crippen molar-refractivity contribution in [2.75, 3.05) is 19.5 Å². The standard InChI is InChI=1S/C24H25N3O4/c1-15(25-21-11-7-9-17-8-5-6-10-19(17)21)23-26-27(16(2)28)24(31-23)20-13-12-18(29-3)14-22(20)30-4/h5-15,24-25H,1-4H3/t15-,24-/m0/s1. The number of hydrogen-bond donors (Lipinski definition) is 1. The Hall–Kier alpha value is -3.74. The molecule has 2 atom stereocenters. The molecule has 0 spiro atoms. The number of carbonyl (C=O) groups excluding carboxylic acids is 1. The number of rotatable bonds is 6. The van der Waals surface area contributed by atoms with Crippen molar-refractivity contribution in [3.63, 3.8) is 0 Å². The van der Waals surface area contributed by atoms with Crippen LogP contribution < -0.4 is 14.8 Å². The largest absolute Gasteiger partial charge is 0.497 e. The van der Waals surface area contributed by atoms with Gasteiger partial charge < -0.3 is 19.5 Å². The lowest BCUT2D eigenvalue weighted by Crippen LogP contribution is -2.27. The molecule has 7 nitrogen and oxygen atoms in total. The molecule has 1 N–H and O–H groups in total. The predicted molar refractivity (Wildman–Crippen MR) is 120 cm³/mol.